The number of benzene rings is 1. The molecule has 1 aromatic carbocycles. The molecule has 0 saturated carbocycles. The number of carbonyl (C=O) groups excluding carboxylic acids is 1. The van der Waals surface area contributed by atoms with Crippen molar-refractivity contribution < 1.29 is 4.79 Å². The summed E-state index contributed by atoms with van der Waals surface area (Å²) >= 11 is 0. The van der Waals surface area contributed by atoms with Crippen LogP contribution in [0.5, 0.6) is 0 Å². The van der Waals surface area contributed by atoms with Crippen LogP contribution >= 0.6 is 0 Å². The van der Waals surface area contributed by atoms with Crippen LogP contribution in [0.4, 0.5) is 0 Å². The second kappa shape index (κ2) is 4.89. The van der Waals surface area contributed by atoms with Gasteiger partial charge in [-0.15, -0.1) is 10.2 Å². The second-order valence-electron chi connectivity index (χ2n) is 4.67. The number of tetrazole rings is 1. The molecule has 0 saturated heterocycles. The highest BCUT2D eigenvalue weighted by atomic mass is 16.1. The molecule has 2 heterocycles. The number of rotatable bonds is 3. The Morgan fingerprint density at radius 1 is 1.47 bits per heavy atom. The molecule has 98 valence electrons. The van der Waals surface area contributed by atoms with Gasteiger partial charge in [-0.2, -0.15) is 4.80 Å². The van der Waals surface area contributed by atoms with Gasteiger partial charge in [0.15, 0.2) is 11.6 Å². The minimum atomic E-state index is -0.256. The Morgan fingerprint density at radius 2 is 2.32 bits per heavy atom. The number of aromatic nitrogens is 4. The van der Waals surface area contributed by atoms with Crippen molar-refractivity contribution in [1.29, 1.82) is 0 Å². The molecule has 0 amide bonds. The average Bonchev–Trinajstić information content (AvgIpc) is 2.83. The zero-order valence-corrected chi connectivity index (χ0v) is 10.7. The quantitative estimate of drug-likeness (QED) is 0.851. The maximum atomic E-state index is 12.4. The summed E-state index contributed by atoms with van der Waals surface area (Å²) in [5.41, 5.74) is 2.31. The molecule has 1 aromatic heterocycles. The van der Waals surface area contributed by atoms with Gasteiger partial charge in [0.2, 0.25) is 0 Å². The van der Waals surface area contributed by atoms with Crippen LogP contribution in [0.3, 0.4) is 0 Å². The van der Waals surface area contributed by atoms with Crippen LogP contribution in [0.1, 0.15) is 23.0 Å². The van der Waals surface area contributed by atoms with Gasteiger partial charge in [-0.25, -0.2) is 0 Å². The van der Waals surface area contributed by atoms with Crippen molar-refractivity contribution >= 4 is 5.78 Å². The maximum Gasteiger partial charge on any atom is 0.182 e. The lowest BCUT2D eigenvalue weighted by Gasteiger charge is -2.25. The standard InChI is InChI=1S/C13H15N5O/c1-18-16-12(15-17-18)8-11(19)13-10-5-3-2-4-9(10)6-7-14-13/h2-5,13-14H,6-8H2,1H3. The fourth-order valence-electron chi connectivity index (χ4n) is 2.44. The van der Waals surface area contributed by atoms with Crippen LogP contribution in [0.25, 0.3) is 0 Å². The average molecular weight is 257 g/mol. The molecule has 1 N–H and O–H groups in total. The summed E-state index contributed by atoms with van der Waals surface area (Å²) in [4.78, 5) is 13.7. The predicted molar refractivity (Wildman–Crippen MR) is 68.4 cm³/mol. The lowest BCUT2D eigenvalue weighted by atomic mass is 9.91. The number of ketones is 1. The molecule has 0 bridgehead atoms. The van der Waals surface area contributed by atoms with E-state index in [9.17, 15) is 4.79 Å². The Labute approximate surface area is 110 Å². The number of nitrogens with one attached hydrogen (secondary N) is 1. The molecule has 0 fully saturated rings. The molecule has 3 rings (SSSR count). The van der Waals surface area contributed by atoms with E-state index in [1.807, 2.05) is 18.2 Å². The molecule has 1 atom stereocenters. The highest BCUT2D eigenvalue weighted by Crippen LogP contribution is 2.23. The first-order valence-corrected chi connectivity index (χ1v) is 6.31. The number of Topliss-reactive ketones (excluding diaryl/α,β-unsaturated/α-hetero) is 1. The third-order valence-corrected chi connectivity index (χ3v) is 3.31. The SMILES string of the molecule is Cn1nnc(CC(=O)C2NCCc3ccccc32)n1. The summed E-state index contributed by atoms with van der Waals surface area (Å²) in [5, 5.41) is 14.9. The number of fused-ring (bicyclic) bond motifs is 1. The second-order valence-corrected chi connectivity index (χ2v) is 4.67. The summed E-state index contributed by atoms with van der Waals surface area (Å²) in [5.74, 6) is 0.553. The van der Waals surface area contributed by atoms with E-state index in [-0.39, 0.29) is 18.2 Å². The van der Waals surface area contributed by atoms with Crippen molar-refractivity contribution in [2.75, 3.05) is 6.54 Å². The van der Waals surface area contributed by atoms with E-state index in [2.05, 4.69) is 26.8 Å². The molecule has 19 heavy (non-hydrogen) atoms. The van der Waals surface area contributed by atoms with Crippen molar-refractivity contribution in [2.24, 2.45) is 7.05 Å². The van der Waals surface area contributed by atoms with Crippen molar-refractivity contribution in [3.63, 3.8) is 0 Å². The molecule has 6 heteroatoms. The molecule has 6 nitrogen and oxygen atoms in total. The Morgan fingerprint density at radius 3 is 3.11 bits per heavy atom. The topological polar surface area (TPSA) is 72.7 Å². The van der Waals surface area contributed by atoms with E-state index in [0.717, 1.165) is 18.5 Å². The van der Waals surface area contributed by atoms with E-state index in [1.165, 1.54) is 10.4 Å². The van der Waals surface area contributed by atoms with E-state index in [1.54, 1.807) is 7.05 Å². The zero-order chi connectivity index (χ0) is 13.2. The van der Waals surface area contributed by atoms with Gasteiger partial charge in [-0.1, -0.05) is 24.3 Å². The van der Waals surface area contributed by atoms with Crippen molar-refractivity contribution in [3.8, 4) is 0 Å². The number of nitrogens with zero attached hydrogens (tertiary/aromatic N) is 4. The van der Waals surface area contributed by atoms with Crippen LogP contribution in [-0.2, 0) is 24.7 Å². The summed E-state index contributed by atoms with van der Waals surface area (Å²) in [6, 6.07) is 7.81. The third kappa shape index (κ3) is 2.39. The number of carbonyl (C=O) groups is 1. The monoisotopic (exact) mass is 257 g/mol. The highest BCUT2D eigenvalue weighted by Gasteiger charge is 2.26. The van der Waals surface area contributed by atoms with Gasteiger partial charge in [-0.05, 0) is 22.8 Å². The largest absolute Gasteiger partial charge is 0.303 e. The summed E-state index contributed by atoms with van der Waals surface area (Å²) in [6.45, 7) is 0.821. The molecule has 1 unspecified atom stereocenters. The summed E-state index contributed by atoms with van der Waals surface area (Å²) in [6.07, 6.45) is 1.17. The van der Waals surface area contributed by atoms with E-state index >= 15 is 0 Å². The molecule has 0 aliphatic carbocycles. The fraction of sp³-hybridized carbons (Fsp3) is 0.385. The van der Waals surface area contributed by atoms with Gasteiger partial charge in [0.05, 0.1) is 19.5 Å². The van der Waals surface area contributed by atoms with Crippen molar-refractivity contribution in [2.45, 2.75) is 18.9 Å². The molecule has 0 spiro atoms. The Kier molecular flexibility index (Phi) is 3.08. The van der Waals surface area contributed by atoms with E-state index < -0.39 is 0 Å². The number of hydrogen-bond acceptors (Lipinski definition) is 5. The first-order chi connectivity index (χ1) is 9.24. The van der Waals surface area contributed by atoms with E-state index in [0.29, 0.717) is 5.82 Å². The van der Waals surface area contributed by atoms with E-state index in [4.69, 9.17) is 0 Å². The Balaban J connectivity index is 1.81. The van der Waals surface area contributed by atoms with Gasteiger partial charge in [0.25, 0.3) is 0 Å². The van der Waals surface area contributed by atoms with Gasteiger partial charge in [0.1, 0.15) is 0 Å². The van der Waals surface area contributed by atoms with Gasteiger partial charge < -0.3 is 5.32 Å². The first-order valence-electron chi connectivity index (χ1n) is 6.31. The lowest BCUT2D eigenvalue weighted by Crippen LogP contribution is -2.36. The minimum absolute atomic E-state index is 0.0835. The van der Waals surface area contributed by atoms with Crippen LogP contribution in [0.15, 0.2) is 24.3 Å². The minimum Gasteiger partial charge on any atom is -0.303 e. The zero-order valence-electron chi connectivity index (χ0n) is 10.7. The third-order valence-electron chi connectivity index (χ3n) is 3.31. The molecule has 1 aliphatic heterocycles. The van der Waals surface area contributed by atoms with Crippen LogP contribution in [0, 0.1) is 0 Å². The van der Waals surface area contributed by atoms with Crippen LogP contribution < -0.4 is 5.32 Å². The van der Waals surface area contributed by atoms with Gasteiger partial charge in [-0.3, -0.25) is 4.79 Å². The summed E-state index contributed by atoms with van der Waals surface area (Å²) in [7, 11) is 1.69. The summed E-state index contributed by atoms with van der Waals surface area (Å²) < 4.78 is 0. The smallest absolute Gasteiger partial charge is 0.182 e. The van der Waals surface area contributed by atoms with Gasteiger partial charge in [0, 0.05) is 6.54 Å². The van der Waals surface area contributed by atoms with Crippen LogP contribution in [-0.4, -0.2) is 32.5 Å². The molecule has 1 aliphatic rings. The fourth-order valence-corrected chi connectivity index (χ4v) is 2.44. The molecule has 0 radical (unpaired) electrons. The normalized spacial score (nSPS) is 18.1. The molecular weight excluding hydrogens is 242 g/mol. The number of aryl methyl sites for hydroxylation is 1. The Hall–Kier alpha value is -2.08. The van der Waals surface area contributed by atoms with Crippen molar-refractivity contribution in [1.82, 2.24) is 25.5 Å². The maximum absolute atomic E-state index is 12.4. The molecular formula is C13H15N5O. The van der Waals surface area contributed by atoms with Crippen molar-refractivity contribution in [3.05, 3.63) is 41.2 Å². The van der Waals surface area contributed by atoms with Gasteiger partial charge >= 0.3 is 0 Å². The van der Waals surface area contributed by atoms with Crippen LogP contribution in [0.2, 0.25) is 0 Å². The first kappa shape index (κ1) is 12.0. The highest BCUT2D eigenvalue weighted by molar-refractivity contribution is 5.87. The lowest BCUT2D eigenvalue weighted by molar-refractivity contribution is -0.120. The predicted octanol–water partition coefficient (Wildman–Crippen LogP) is 0.209. The molecule has 2 aromatic rings. The Bertz CT molecular complexity index is 607. The number of hydrogen-bond donors (Lipinski definition) is 1.